The Balaban J connectivity index is 2.13. The molecule has 2 heteroatoms. The fraction of sp³-hybridized carbons (Fsp3) is 0.400. The highest BCUT2D eigenvalue weighted by Gasteiger charge is 2.08. The second-order valence-corrected chi connectivity index (χ2v) is 5.41. The number of pyridine rings is 1. The zero-order valence-corrected chi connectivity index (χ0v) is 10.8. The zero-order chi connectivity index (χ0) is 12.3. The van der Waals surface area contributed by atoms with E-state index in [4.69, 9.17) is 0 Å². The SMILES string of the molecule is CC(C)(C)NCCc1ccnc2ccccc12. The van der Waals surface area contributed by atoms with E-state index in [0.717, 1.165) is 18.5 Å². The summed E-state index contributed by atoms with van der Waals surface area (Å²) < 4.78 is 0. The lowest BCUT2D eigenvalue weighted by Crippen LogP contribution is -2.37. The van der Waals surface area contributed by atoms with Crippen molar-refractivity contribution in [3.63, 3.8) is 0 Å². The van der Waals surface area contributed by atoms with E-state index >= 15 is 0 Å². The van der Waals surface area contributed by atoms with Gasteiger partial charge in [0.15, 0.2) is 0 Å². The Morgan fingerprint density at radius 1 is 1.12 bits per heavy atom. The molecule has 1 N–H and O–H groups in total. The Kier molecular flexibility index (Phi) is 3.43. The summed E-state index contributed by atoms with van der Waals surface area (Å²) in [5, 5.41) is 4.78. The lowest BCUT2D eigenvalue weighted by atomic mass is 10.0. The molecule has 0 fully saturated rings. The van der Waals surface area contributed by atoms with Crippen LogP contribution in [0.25, 0.3) is 10.9 Å². The van der Waals surface area contributed by atoms with E-state index in [1.165, 1.54) is 10.9 Å². The first kappa shape index (κ1) is 12.1. The van der Waals surface area contributed by atoms with Crippen molar-refractivity contribution >= 4 is 10.9 Å². The normalized spacial score (nSPS) is 11.9. The molecule has 1 aromatic heterocycles. The van der Waals surface area contributed by atoms with Crippen LogP contribution in [0.2, 0.25) is 0 Å². The van der Waals surface area contributed by atoms with Gasteiger partial charge in [-0.2, -0.15) is 0 Å². The molecule has 0 aliphatic rings. The van der Waals surface area contributed by atoms with E-state index < -0.39 is 0 Å². The average molecular weight is 228 g/mol. The van der Waals surface area contributed by atoms with Gasteiger partial charge in [-0.05, 0) is 51.4 Å². The van der Waals surface area contributed by atoms with E-state index in [-0.39, 0.29) is 5.54 Å². The molecular weight excluding hydrogens is 208 g/mol. The van der Waals surface area contributed by atoms with Gasteiger partial charge in [-0.25, -0.2) is 0 Å². The quantitative estimate of drug-likeness (QED) is 0.873. The number of hydrogen-bond donors (Lipinski definition) is 1. The van der Waals surface area contributed by atoms with Crippen LogP contribution in [0.1, 0.15) is 26.3 Å². The molecule has 2 aromatic rings. The molecule has 0 saturated carbocycles. The lowest BCUT2D eigenvalue weighted by Gasteiger charge is -2.20. The van der Waals surface area contributed by atoms with Crippen molar-refractivity contribution in [1.82, 2.24) is 10.3 Å². The molecule has 2 rings (SSSR count). The van der Waals surface area contributed by atoms with Gasteiger partial charge in [0.05, 0.1) is 5.52 Å². The fourth-order valence-electron chi connectivity index (χ4n) is 1.95. The Hall–Kier alpha value is -1.41. The minimum Gasteiger partial charge on any atom is -0.312 e. The maximum absolute atomic E-state index is 4.38. The summed E-state index contributed by atoms with van der Waals surface area (Å²) in [6.45, 7) is 7.57. The number of aromatic nitrogens is 1. The van der Waals surface area contributed by atoms with Crippen LogP contribution in [0.3, 0.4) is 0 Å². The number of hydrogen-bond acceptors (Lipinski definition) is 2. The predicted octanol–water partition coefficient (Wildman–Crippen LogP) is 3.17. The minimum absolute atomic E-state index is 0.183. The zero-order valence-electron chi connectivity index (χ0n) is 10.8. The summed E-state index contributed by atoms with van der Waals surface area (Å²) in [4.78, 5) is 4.38. The summed E-state index contributed by atoms with van der Waals surface area (Å²) in [6, 6.07) is 10.4. The van der Waals surface area contributed by atoms with Gasteiger partial charge >= 0.3 is 0 Å². The lowest BCUT2D eigenvalue weighted by molar-refractivity contribution is 0.430. The van der Waals surface area contributed by atoms with Crippen LogP contribution < -0.4 is 5.32 Å². The molecule has 0 aliphatic heterocycles. The highest BCUT2D eigenvalue weighted by atomic mass is 14.9. The summed E-state index contributed by atoms with van der Waals surface area (Å²) in [7, 11) is 0. The van der Waals surface area contributed by atoms with Gasteiger partial charge < -0.3 is 5.32 Å². The Morgan fingerprint density at radius 2 is 1.88 bits per heavy atom. The van der Waals surface area contributed by atoms with Crippen molar-refractivity contribution in [2.75, 3.05) is 6.54 Å². The number of rotatable bonds is 3. The number of fused-ring (bicyclic) bond motifs is 1. The van der Waals surface area contributed by atoms with Gasteiger partial charge in [0.1, 0.15) is 0 Å². The van der Waals surface area contributed by atoms with E-state index in [0.29, 0.717) is 0 Å². The summed E-state index contributed by atoms with van der Waals surface area (Å²) in [6.07, 6.45) is 2.94. The van der Waals surface area contributed by atoms with Crippen molar-refractivity contribution in [3.8, 4) is 0 Å². The monoisotopic (exact) mass is 228 g/mol. The number of para-hydroxylation sites is 1. The number of nitrogens with zero attached hydrogens (tertiary/aromatic N) is 1. The van der Waals surface area contributed by atoms with E-state index in [2.05, 4.69) is 55.3 Å². The molecule has 17 heavy (non-hydrogen) atoms. The maximum atomic E-state index is 4.38. The van der Waals surface area contributed by atoms with E-state index in [1.54, 1.807) is 0 Å². The number of nitrogens with one attached hydrogen (secondary N) is 1. The second-order valence-electron chi connectivity index (χ2n) is 5.41. The Morgan fingerprint density at radius 3 is 2.65 bits per heavy atom. The summed E-state index contributed by atoms with van der Waals surface area (Å²) in [5.74, 6) is 0. The van der Waals surface area contributed by atoms with Crippen LogP contribution in [0.5, 0.6) is 0 Å². The van der Waals surface area contributed by atoms with E-state index in [1.807, 2.05) is 12.3 Å². The van der Waals surface area contributed by atoms with Crippen molar-refractivity contribution in [3.05, 3.63) is 42.1 Å². The molecule has 1 heterocycles. The molecular formula is C15H20N2. The number of benzene rings is 1. The van der Waals surface area contributed by atoms with Gasteiger partial charge in [0, 0.05) is 17.1 Å². The molecule has 0 saturated heterocycles. The fourth-order valence-corrected chi connectivity index (χ4v) is 1.95. The van der Waals surface area contributed by atoms with Gasteiger partial charge in [-0.1, -0.05) is 18.2 Å². The average Bonchev–Trinajstić information content (AvgIpc) is 2.28. The van der Waals surface area contributed by atoms with Crippen LogP contribution in [-0.4, -0.2) is 17.1 Å². The maximum Gasteiger partial charge on any atom is 0.0704 e. The third-order valence-electron chi connectivity index (χ3n) is 2.79. The first-order valence-corrected chi connectivity index (χ1v) is 6.14. The Labute approximate surface area is 103 Å². The minimum atomic E-state index is 0.183. The van der Waals surface area contributed by atoms with Crippen LogP contribution in [0.4, 0.5) is 0 Å². The summed E-state index contributed by atoms with van der Waals surface area (Å²) in [5.41, 5.74) is 2.64. The van der Waals surface area contributed by atoms with Crippen LogP contribution >= 0.6 is 0 Å². The molecule has 0 unspecified atom stereocenters. The van der Waals surface area contributed by atoms with Crippen LogP contribution in [0.15, 0.2) is 36.5 Å². The van der Waals surface area contributed by atoms with Crippen molar-refractivity contribution in [1.29, 1.82) is 0 Å². The van der Waals surface area contributed by atoms with Gasteiger partial charge in [0.25, 0.3) is 0 Å². The van der Waals surface area contributed by atoms with E-state index in [9.17, 15) is 0 Å². The molecule has 0 amide bonds. The largest absolute Gasteiger partial charge is 0.312 e. The highest BCUT2D eigenvalue weighted by molar-refractivity contribution is 5.81. The molecule has 0 atom stereocenters. The first-order chi connectivity index (χ1) is 8.06. The molecule has 2 nitrogen and oxygen atoms in total. The first-order valence-electron chi connectivity index (χ1n) is 6.14. The third kappa shape index (κ3) is 3.27. The molecule has 90 valence electrons. The molecule has 0 bridgehead atoms. The Bertz CT molecular complexity index is 492. The standard InChI is InChI=1S/C15H20N2/c1-15(2,3)17-11-9-12-8-10-16-14-7-5-4-6-13(12)14/h4-8,10,17H,9,11H2,1-3H3. The van der Waals surface area contributed by atoms with Gasteiger partial charge in [0.2, 0.25) is 0 Å². The molecule has 1 aromatic carbocycles. The van der Waals surface area contributed by atoms with Crippen molar-refractivity contribution in [2.24, 2.45) is 0 Å². The predicted molar refractivity (Wildman–Crippen MR) is 73.2 cm³/mol. The highest BCUT2D eigenvalue weighted by Crippen LogP contribution is 2.16. The molecule has 0 aliphatic carbocycles. The van der Waals surface area contributed by atoms with Crippen molar-refractivity contribution in [2.45, 2.75) is 32.7 Å². The second kappa shape index (κ2) is 4.84. The topological polar surface area (TPSA) is 24.9 Å². The molecule has 0 spiro atoms. The van der Waals surface area contributed by atoms with Crippen LogP contribution in [0, 0.1) is 0 Å². The van der Waals surface area contributed by atoms with Crippen LogP contribution in [-0.2, 0) is 6.42 Å². The van der Waals surface area contributed by atoms with Gasteiger partial charge in [-0.15, -0.1) is 0 Å². The smallest absolute Gasteiger partial charge is 0.0704 e. The molecule has 0 radical (unpaired) electrons. The summed E-state index contributed by atoms with van der Waals surface area (Å²) >= 11 is 0. The van der Waals surface area contributed by atoms with Gasteiger partial charge in [-0.3, -0.25) is 4.98 Å². The third-order valence-corrected chi connectivity index (χ3v) is 2.79. The van der Waals surface area contributed by atoms with Crippen molar-refractivity contribution < 1.29 is 0 Å².